The van der Waals surface area contributed by atoms with E-state index in [0.717, 1.165) is 22.5 Å². The normalized spacial score (nSPS) is 18.0. The van der Waals surface area contributed by atoms with Crippen LogP contribution in [0.15, 0.2) is 53.5 Å². The van der Waals surface area contributed by atoms with Crippen LogP contribution in [0.1, 0.15) is 31.4 Å². The van der Waals surface area contributed by atoms with Crippen LogP contribution in [-0.4, -0.2) is 33.7 Å². The van der Waals surface area contributed by atoms with E-state index in [9.17, 15) is 9.59 Å². The largest absolute Gasteiger partial charge is 0.326 e. The summed E-state index contributed by atoms with van der Waals surface area (Å²) in [7, 11) is 0. The summed E-state index contributed by atoms with van der Waals surface area (Å²) in [6.07, 6.45) is 0.124. The molecule has 1 heterocycles. The van der Waals surface area contributed by atoms with Crippen molar-refractivity contribution in [3.8, 4) is 0 Å². The fourth-order valence-corrected chi connectivity index (χ4v) is 4.28. The third-order valence-corrected chi connectivity index (χ3v) is 5.76. The standard InChI is InChI=1S/C23H27N3O2S/c1-15(2)14-26-22(28)20(29-23(26)24-18-8-6-5-7-9-18)13-21(27)25-19-12-16(3)10-11-17(19)4/h5-12,15,20H,13-14H2,1-4H3,(H,25,27). The van der Waals surface area contributed by atoms with Gasteiger partial charge in [-0.25, -0.2) is 4.99 Å². The molecule has 1 fully saturated rings. The number of hydrogen-bond acceptors (Lipinski definition) is 4. The van der Waals surface area contributed by atoms with Crippen molar-refractivity contribution in [1.82, 2.24) is 4.90 Å². The monoisotopic (exact) mass is 409 g/mol. The molecule has 6 heteroatoms. The van der Waals surface area contributed by atoms with Gasteiger partial charge in [0.05, 0.1) is 5.69 Å². The van der Waals surface area contributed by atoms with Crippen molar-refractivity contribution >= 4 is 40.1 Å². The van der Waals surface area contributed by atoms with Gasteiger partial charge in [0.25, 0.3) is 0 Å². The summed E-state index contributed by atoms with van der Waals surface area (Å²) in [5, 5.41) is 3.16. The summed E-state index contributed by atoms with van der Waals surface area (Å²) in [5.74, 6) is 0.104. The Hall–Kier alpha value is -2.60. The van der Waals surface area contributed by atoms with E-state index >= 15 is 0 Å². The molecule has 1 atom stereocenters. The number of amidine groups is 1. The molecule has 3 rings (SSSR count). The number of benzene rings is 2. The highest BCUT2D eigenvalue weighted by atomic mass is 32.2. The SMILES string of the molecule is Cc1ccc(C)c(NC(=O)CC2SC(=Nc3ccccc3)N(CC(C)C)C2=O)c1. The maximum atomic E-state index is 13.0. The smallest absolute Gasteiger partial charge is 0.242 e. The minimum atomic E-state index is -0.457. The number of para-hydroxylation sites is 1. The van der Waals surface area contributed by atoms with E-state index in [0.29, 0.717) is 17.6 Å². The molecule has 0 bridgehead atoms. The van der Waals surface area contributed by atoms with Crippen molar-refractivity contribution in [2.75, 3.05) is 11.9 Å². The van der Waals surface area contributed by atoms with E-state index < -0.39 is 5.25 Å². The Bertz CT molecular complexity index is 925. The molecule has 0 radical (unpaired) electrons. The van der Waals surface area contributed by atoms with Gasteiger partial charge in [-0.3, -0.25) is 14.5 Å². The highest BCUT2D eigenvalue weighted by molar-refractivity contribution is 8.15. The van der Waals surface area contributed by atoms with Crippen molar-refractivity contribution in [3.63, 3.8) is 0 Å². The van der Waals surface area contributed by atoms with E-state index in [1.807, 2.05) is 62.4 Å². The number of nitrogens with one attached hydrogen (secondary N) is 1. The van der Waals surface area contributed by atoms with Gasteiger partial charge in [0.1, 0.15) is 5.25 Å². The molecule has 152 valence electrons. The van der Waals surface area contributed by atoms with Crippen LogP contribution in [0.3, 0.4) is 0 Å². The predicted molar refractivity (Wildman–Crippen MR) is 121 cm³/mol. The van der Waals surface area contributed by atoms with E-state index in [1.54, 1.807) is 4.90 Å². The molecule has 1 N–H and O–H groups in total. The van der Waals surface area contributed by atoms with Gasteiger partial charge >= 0.3 is 0 Å². The molecule has 1 unspecified atom stereocenters. The average molecular weight is 410 g/mol. The third kappa shape index (κ3) is 5.48. The fraction of sp³-hybridized carbons (Fsp3) is 0.348. The van der Waals surface area contributed by atoms with Gasteiger partial charge in [-0.15, -0.1) is 0 Å². The van der Waals surface area contributed by atoms with Crippen LogP contribution in [-0.2, 0) is 9.59 Å². The molecule has 0 aliphatic carbocycles. The van der Waals surface area contributed by atoms with Crippen molar-refractivity contribution < 1.29 is 9.59 Å². The zero-order valence-corrected chi connectivity index (χ0v) is 18.1. The number of carbonyl (C=O) groups is 2. The number of thioether (sulfide) groups is 1. The molecule has 0 aromatic heterocycles. The average Bonchev–Trinajstić information content (AvgIpc) is 2.94. The van der Waals surface area contributed by atoms with Crippen LogP contribution in [0.4, 0.5) is 11.4 Å². The molecule has 1 saturated heterocycles. The molecule has 2 aromatic carbocycles. The quantitative estimate of drug-likeness (QED) is 0.737. The summed E-state index contributed by atoms with van der Waals surface area (Å²) < 4.78 is 0. The van der Waals surface area contributed by atoms with Crippen LogP contribution in [0.25, 0.3) is 0 Å². The van der Waals surface area contributed by atoms with E-state index in [-0.39, 0.29) is 18.2 Å². The van der Waals surface area contributed by atoms with E-state index in [1.165, 1.54) is 11.8 Å². The second-order valence-electron chi connectivity index (χ2n) is 7.75. The van der Waals surface area contributed by atoms with Crippen LogP contribution in [0.5, 0.6) is 0 Å². The maximum absolute atomic E-state index is 13.0. The Labute approximate surface area is 176 Å². The molecule has 0 saturated carbocycles. The van der Waals surface area contributed by atoms with Gasteiger partial charge < -0.3 is 5.32 Å². The van der Waals surface area contributed by atoms with Crippen LogP contribution in [0.2, 0.25) is 0 Å². The first kappa shape index (κ1) is 21.1. The molecule has 29 heavy (non-hydrogen) atoms. The number of amides is 2. The molecular formula is C23H27N3O2S. The van der Waals surface area contributed by atoms with Gasteiger partial charge in [0, 0.05) is 18.7 Å². The first-order chi connectivity index (χ1) is 13.8. The van der Waals surface area contributed by atoms with Crippen molar-refractivity contribution in [2.24, 2.45) is 10.9 Å². The minimum Gasteiger partial charge on any atom is -0.326 e. The fourth-order valence-electron chi connectivity index (χ4n) is 3.11. The van der Waals surface area contributed by atoms with Gasteiger partial charge in [-0.1, -0.05) is 55.9 Å². The zero-order chi connectivity index (χ0) is 21.0. The summed E-state index contributed by atoms with van der Waals surface area (Å²) in [6, 6.07) is 15.5. The molecule has 5 nitrogen and oxygen atoms in total. The van der Waals surface area contributed by atoms with Gasteiger partial charge in [-0.05, 0) is 49.1 Å². The second-order valence-corrected chi connectivity index (χ2v) is 8.92. The molecule has 1 aliphatic heterocycles. The number of hydrogen-bond donors (Lipinski definition) is 1. The molecule has 2 amide bonds. The Morgan fingerprint density at radius 2 is 1.90 bits per heavy atom. The van der Waals surface area contributed by atoms with Crippen LogP contribution < -0.4 is 5.32 Å². The molecule has 2 aromatic rings. The van der Waals surface area contributed by atoms with Crippen molar-refractivity contribution in [3.05, 3.63) is 59.7 Å². The number of rotatable bonds is 6. The summed E-state index contributed by atoms with van der Waals surface area (Å²) in [6.45, 7) is 8.67. The van der Waals surface area contributed by atoms with Crippen molar-refractivity contribution in [1.29, 1.82) is 0 Å². The molecular weight excluding hydrogens is 382 g/mol. The number of aliphatic imine (C=N–C) groups is 1. The second kappa shape index (κ2) is 9.27. The first-order valence-electron chi connectivity index (χ1n) is 9.82. The van der Waals surface area contributed by atoms with Crippen LogP contribution >= 0.6 is 11.8 Å². The number of aryl methyl sites for hydroxylation is 2. The maximum Gasteiger partial charge on any atom is 0.242 e. The van der Waals surface area contributed by atoms with Crippen LogP contribution in [0, 0.1) is 19.8 Å². The first-order valence-corrected chi connectivity index (χ1v) is 10.7. The number of anilines is 1. The summed E-state index contributed by atoms with van der Waals surface area (Å²) >= 11 is 1.38. The highest BCUT2D eigenvalue weighted by Crippen LogP contribution is 2.32. The Balaban J connectivity index is 1.75. The predicted octanol–water partition coefficient (Wildman–Crippen LogP) is 4.92. The van der Waals surface area contributed by atoms with E-state index in [4.69, 9.17) is 0 Å². The molecule has 0 spiro atoms. The van der Waals surface area contributed by atoms with Gasteiger partial charge in [-0.2, -0.15) is 0 Å². The lowest BCUT2D eigenvalue weighted by Crippen LogP contribution is -2.36. The Kier molecular flexibility index (Phi) is 6.75. The van der Waals surface area contributed by atoms with Gasteiger partial charge in [0.15, 0.2) is 5.17 Å². The zero-order valence-electron chi connectivity index (χ0n) is 17.3. The van der Waals surface area contributed by atoms with Gasteiger partial charge in [0.2, 0.25) is 11.8 Å². The summed E-state index contributed by atoms with van der Waals surface area (Å²) in [5.41, 5.74) is 3.68. The topological polar surface area (TPSA) is 61.8 Å². The minimum absolute atomic E-state index is 0.0468. The highest BCUT2D eigenvalue weighted by Gasteiger charge is 2.39. The Morgan fingerprint density at radius 3 is 2.59 bits per heavy atom. The lowest BCUT2D eigenvalue weighted by atomic mass is 10.1. The Morgan fingerprint density at radius 1 is 1.17 bits per heavy atom. The van der Waals surface area contributed by atoms with Crippen molar-refractivity contribution in [2.45, 2.75) is 39.4 Å². The third-order valence-electron chi connectivity index (χ3n) is 4.59. The number of nitrogens with zero attached hydrogens (tertiary/aromatic N) is 2. The number of carbonyl (C=O) groups excluding carboxylic acids is 2. The molecule has 1 aliphatic rings. The van der Waals surface area contributed by atoms with E-state index in [2.05, 4.69) is 24.2 Å². The lowest BCUT2D eigenvalue weighted by molar-refractivity contribution is -0.128. The lowest BCUT2D eigenvalue weighted by Gasteiger charge is -2.18. The summed E-state index contributed by atoms with van der Waals surface area (Å²) in [4.78, 5) is 32.0.